The third kappa shape index (κ3) is 9.72. The number of furan rings is 1. The van der Waals surface area contributed by atoms with Crippen LogP contribution >= 0.6 is 0 Å². The number of carbonyl (C=O) groups is 1. The van der Waals surface area contributed by atoms with Gasteiger partial charge in [-0.2, -0.15) is 0 Å². The number of aromatic hydroxyl groups is 3. The maximum atomic E-state index is 12.7. The molecule has 2 saturated carbocycles. The summed E-state index contributed by atoms with van der Waals surface area (Å²) >= 11 is 0. The van der Waals surface area contributed by atoms with E-state index < -0.39 is 5.60 Å². The zero-order valence-electron chi connectivity index (χ0n) is 47.2. The van der Waals surface area contributed by atoms with Crippen LogP contribution in [0.3, 0.4) is 0 Å². The summed E-state index contributed by atoms with van der Waals surface area (Å²) in [5, 5.41) is 40.7. The number of hydrogen-bond acceptors (Lipinski definition) is 9. The number of hydrogen-bond donors (Lipinski definition) is 4. The number of Topliss-reactive ketones (excluding diaryl/α,β-unsaturated/α-hetero) is 1. The Bertz CT molecular complexity index is 2650. The number of ketones is 1. The van der Waals surface area contributed by atoms with Gasteiger partial charge >= 0.3 is 0 Å². The summed E-state index contributed by atoms with van der Waals surface area (Å²) in [6, 6.07) is 23.5. The molecule has 0 radical (unpaired) electrons. The highest BCUT2D eigenvalue weighted by Crippen LogP contribution is 2.61. The van der Waals surface area contributed by atoms with Crippen LogP contribution in [-0.4, -0.2) is 97.9 Å². The Balaban J connectivity index is 0.000000129. The second kappa shape index (κ2) is 20.9. The third-order valence-corrected chi connectivity index (χ3v) is 22.7. The van der Waals surface area contributed by atoms with E-state index in [4.69, 9.17) is 4.42 Å². The monoisotopic (exact) mass is 1020 g/mol. The summed E-state index contributed by atoms with van der Waals surface area (Å²) in [5.41, 5.74) is 8.43. The number of aliphatic hydroxyl groups is 1. The third-order valence-electron chi connectivity index (χ3n) is 22.7. The minimum Gasteiger partial charge on any atom is -0.508 e. The molecule has 5 fully saturated rings. The lowest BCUT2D eigenvalue weighted by Gasteiger charge is -2.62. The number of nitrogens with zero attached hydrogens (tertiary/aromatic N) is 3. The molecule has 6 bridgehead atoms. The Kier molecular flexibility index (Phi) is 15.1. The Morgan fingerprint density at radius 2 is 1.32 bits per heavy atom. The molecule has 4 N–H and O–H groups in total. The first-order valence-corrected chi connectivity index (χ1v) is 29.7. The average Bonchev–Trinajstić information content (AvgIpc) is 3.70. The number of likely N-dealkylation sites (tertiary alicyclic amines) is 3. The molecule has 9 heteroatoms. The van der Waals surface area contributed by atoms with E-state index in [0.717, 1.165) is 128 Å². The first-order valence-electron chi connectivity index (χ1n) is 29.7. The number of piperidine rings is 3. The second-order valence-corrected chi connectivity index (χ2v) is 26.4. The summed E-state index contributed by atoms with van der Waals surface area (Å²) in [4.78, 5) is 20.4. The number of phenols is 3. The summed E-state index contributed by atoms with van der Waals surface area (Å²) < 4.78 is 5.60. The Labute approximate surface area is 450 Å². The molecule has 1 aromatic heterocycles. The standard InChI is InChI=1S/C25H37NO2.C21H27NO2.C20H29NO2/c1-24-14-15-26(3)23(16-19-9-11-21(28)17-22(19)24)25(24,2)13-12-20(27)10-8-18-6-4-5-7-18;1-3-18-20-12-15-7-8-16(23)13-19(15)21(18,4-2)9-10-22(20)14-17-6-5-11-24-17;1-4-20-9-10-21(13-19(23)7-8-19)17(18(20,2)3)11-14-5-6-15(22)12-16(14)20/h9,11,17-18,23,28H,4-8,10,12-16H2,1-3H3;5-8,11,13,18,20,23H,3-4,9-10,12,14H2,1-2H3;5-6,12,17,22-23H,4,7-11,13H2,1-3H3/t23?,24-,25-;18-,20?,21-;17?,20-/m101/s1. The zero-order chi connectivity index (χ0) is 53.1. The van der Waals surface area contributed by atoms with Crippen LogP contribution in [0.25, 0.3) is 0 Å². The van der Waals surface area contributed by atoms with Crippen LogP contribution in [0, 0.1) is 22.7 Å². The fourth-order valence-electron chi connectivity index (χ4n) is 17.6. The van der Waals surface area contributed by atoms with E-state index in [0.29, 0.717) is 53.5 Å². The molecule has 75 heavy (non-hydrogen) atoms. The number of fused-ring (bicyclic) bond motifs is 12. The molecule has 9 nitrogen and oxygen atoms in total. The van der Waals surface area contributed by atoms with Crippen LogP contribution < -0.4 is 0 Å². The molecule has 3 aromatic carbocycles. The van der Waals surface area contributed by atoms with E-state index in [-0.39, 0.29) is 27.1 Å². The zero-order valence-corrected chi connectivity index (χ0v) is 47.2. The summed E-state index contributed by atoms with van der Waals surface area (Å²) in [7, 11) is 2.25. The van der Waals surface area contributed by atoms with Gasteiger partial charge < -0.3 is 29.7 Å². The number of β-amino-alcohol motifs (C(OH)–C–C–N with tert-alkyl or cyclic N) is 1. The van der Waals surface area contributed by atoms with Crippen molar-refractivity contribution in [1.82, 2.24) is 14.7 Å². The smallest absolute Gasteiger partial charge is 0.132 e. The predicted molar refractivity (Wildman–Crippen MR) is 301 cm³/mol. The molecule has 4 aromatic rings. The molecule has 3 saturated heterocycles. The molecule has 0 amide bonds. The number of phenolic OH excluding ortho intramolecular Hbond substituents is 3. The van der Waals surface area contributed by atoms with Gasteiger partial charge in [0.1, 0.15) is 28.8 Å². The maximum absolute atomic E-state index is 12.7. The Morgan fingerprint density at radius 3 is 1.95 bits per heavy atom. The van der Waals surface area contributed by atoms with Crippen molar-refractivity contribution in [2.24, 2.45) is 22.7 Å². The van der Waals surface area contributed by atoms with Gasteiger partial charge in [0.2, 0.25) is 0 Å². The average molecular weight is 1020 g/mol. The SMILES string of the molecule is CC[C@@]12CCN(CC3(O)CC3)C(Cc3ccc(O)cc31)C2(C)C.CC[C@H]1C2Cc3ccc(O)cc3[C@@]1(CC)CCN2Cc1ccco1.CN1CC[C@]2(C)c3cc(O)ccc3CC1[C@@]2(C)CCC(=O)CCC1CCCC1. The largest absolute Gasteiger partial charge is 0.508 e. The van der Waals surface area contributed by atoms with Crippen molar-refractivity contribution in [2.45, 2.75) is 217 Å². The van der Waals surface area contributed by atoms with Gasteiger partial charge in [-0.05, 0) is 208 Å². The van der Waals surface area contributed by atoms with Crippen molar-refractivity contribution < 1.29 is 29.6 Å². The van der Waals surface area contributed by atoms with Crippen molar-refractivity contribution in [3.8, 4) is 17.2 Å². The van der Waals surface area contributed by atoms with Crippen molar-refractivity contribution >= 4 is 5.78 Å². The molecule has 3 unspecified atom stereocenters. The van der Waals surface area contributed by atoms with Crippen LogP contribution in [0.2, 0.25) is 0 Å². The van der Waals surface area contributed by atoms with Crippen molar-refractivity contribution in [3.63, 3.8) is 0 Å². The van der Waals surface area contributed by atoms with Gasteiger partial charge in [0.15, 0.2) is 0 Å². The lowest BCUT2D eigenvalue weighted by atomic mass is 9.49. The van der Waals surface area contributed by atoms with E-state index in [1.807, 2.05) is 42.5 Å². The Hall–Kier alpha value is -4.15. The van der Waals surface area contributed by atoms with Crippen LogP contribution in [0.4, 0.5) is 0 Å². The molecule has 12 rings (SSSR count). The number of carbonyl (C=O) groups excluding carboxylic acids is 1. The normalized spacial score (nSPS) is 32.2. The fraction of sp³-hybridized carbons (Fsp3) is 0.652. The number of rotatable bonds is 13. The second-order valence-electron chi connectivity index (χ2n) is 26.4. The molecule has 4 heterocycles. The summed E-state index contributed by atoms with van der Waals surface area (Å²) in [6.45, 7) is 21.5. The lowest BCUT2D eigenvalue weighted by Crippen LogP contribution is -2.65. The van der Waals surface area contributed by atoms with Gasteiger partial charge in [-0.15, -0.1) is 0 Å². The minimum atomic E-state index is -0.419. The highest BCUT2D eigenvalue weighted by Gasteiger charge is 2.60. The van der Waals surface area contributed by atoms with Gasteiger partial charge in [-0.25, -0.2) is 0 Å². The van der Waals surface area contributed by atoms with Gasteiger partial charge in [0.05, 0.1) is 18.4 Å². The molecule has 408 valence electrons. The van der Waals surface area contributed by atoms with Crippen molar-refractivity contribution in [3.05, 3.63) is 112 Å². The van der Waals surface area contributed by atoms with E-state index >= 15 is 0 Å². The highest BCUT2D eigenvalue weighted by atomic mass is 16.3. The summed E-state index contributed by atoms with van der Waals surface area (Å²) in [6.07, 6.45) is 22.5. The molecular weight excluding hydrogens is 931 g/mol. The van der Waals surface area contributed by atoms with Crippen molar-refractivity contribution in [1.29, 1.82) is 0 Å². The fourth-order valence-corrected chi connectivity index (χ4v) is 17.6. The minimum absolute atomic E-state index is 0.0161. The predicted octanol–water partition coefficient (Wildman–Crippen LogP) is 12.9. The van der Waals surface area contributed by atoms with Crippen molar-refractivity contribution in [2.75, 3.05) is 33.2 Å². The highest BCUT2D eigenvalue weighted by molar-refractivity contribution is 5.78. The van der Waals surface area contributed by atoms with Gasteiger partial charge in [-0.1, -0.05) is 98.8 Å². The molecule has 5 aliphatic carbocycles. The van der Waals surface area contributed by atoms with E-state index in [2.05, 4.69) is 94.5 Å². The molecule has 8 atom stereocenters. The number of likely N-dealkylation sites (N-methyl/N-ethyl adjacent to an activating group) is 1. The molecule has 0 spiro atoms. The quantitative estimate of drug-likeness (QED) is 0.104. The van der Waals surface area contributed by atoms with Crippen LogP contribution in [0.15, 0.2) is 77.4 Å². The van der Waals surface area contributed by atoms with E-state index in [9.17, 15) is 25.2 Å². The van der Waals surface area contributed by atoms with E-state index in [1.165, 1.54) is 65.5 Å². The summed E-state index contributed by atoms with van der Waals surface area (Å²) in [5.74, 6) is 4.12. The first-order chi connectivity index (χ1) is 35.8. The topological polar surface area (TPSA) is 121 Å². The molecular formula is C66H93N3O6. The molecule has 8 aliphatic rings. The maximum Gasteiger partial charge on any atom is 0.132 e. The van der Waals surface area contributed by atoms with Gasteiger partial charge in [0.25, 0.3) is 0 Å². The van der Waals surface area contributed by atoms with Crippen LogP contribution in [0.1, 0.15) is 190 Å². The van der Waals surface area contributed by atoms with Crippen LogP contribution in [0.5, 0.6) is 17.2 Å². The van der Waals surface area contributed by atoms with Gasteiger partial charge in [0, 0.05) is 53.8 Å². The van der Waals surface area contributed by atoms with Crippen LogP contribution in [-0.2, 0) is 46.8 Å². The number of benzene rings is 3. The van der Waals surface area contributed by atoms with Gasteiger partial charge in [-0.3, -0.25) is 14.6 Å². The first kappa shape index (κ1) is 54.2. The van der Waals surface area contributed by atoms with E-state index in [1.54, 1.807) is 6.26 Å². The lowest BCUT2D eigenvalue weighted by molar-refractivity contribution is -0.121. The Morgan fingerprint density at radius 1 is 0.693 bits per heavy atom. The molecule has 3 aliphatic heterocycles.